The first-order chi connectivity index (χ1) is 11.8. The number of unbranched alkanes of at least 4 members (excludes halogenated alkanes) is 3. The van der Waals surface area contributed by atoms with E-state index in [2.05, 4.69) is 5.32 Å². The molecule has 0 fully saturated rings. The highest BCUT2D eigenvalue weighted by atomic mass is 16.5. The van der Waals surface area contributed by atoms with Gasteiger partial charge in [0.2, 0.25) is 0 Å². The zero-order valence-electron chi connectivity index (χ0n) is 13.9. The van der Waals surface area contributed by atoms with Crippen molar-refractivity contribution in [3.05, 3.63) is 77.0 Å². The molecule has 0 atom stereocenters. The van der Waals surface area contributed by atoms with Gasteiger partial charge >= 0.3 is 0 Å². The minimum absolute atomic E-state index is 0.0317. The Hall–Kier alpha value is -2.62. The second-order valence-corrected chi connectivity index (χ2v) is 5.71. The van der Waals surface area contributed by atoms with Gasteiger partial charge in [0.1, 0.15) is 0 Å². The maximum atomic E-state index is 11.8. The molecule has 126 valence electrons. The van der Waals surface area contributed by atoms with Crippen molar-refractivity contribution < 1.29 is 9.53 Å². The van der Waals surface area contributed by atoms with Gasteiger partial charge in [-0.05, 0) is 25.0 Å². The molecule has 2 aromatic rings. The Labute approximate surface area is 143 Å². The predicted molar refractivity (Wildman–Crippen MR) is 97.1 cm³/mol. The summed E-state index contributed by atoms with van der Waals surface area (Å²) in [5.74, 6) is -0.0317. The van der Waals surface area contributed by atoms with Crippen molar-refractivity contribution in [2.45, 2.75) is 32.2 Å². The van der Waals surface area contributed by atoms with Gasteiger partial charge in [-0.2, -0.15) is 0 Å². The third-order valence-electron chi connectivity index (χ3n) is 3.72. The first-order valence-electron chi connectivity index (χ1n) is 8.40. The lowest BCUT2D eigenvalue weighted by Gasteiger charge is -2.05. The van der Waals surface area contributed by atoms with E-state index in [-0.39, 0.29) is 5.91 Å². The number of hydrogen-bond acceptors (Lipinski definition) is 2. The standard InChI is InChI=1S/C20H24N2O2/c23-20(19-13-7-4-8-14-19)21-15-9-1-2-10-16-22(24)17-18-11-5-3-6-12-18/h3-8,11-14,16H,1-2,9-10,15,17H2,(H,21,23)/b22-16-. The molecule has 1 amide bonds. The molecule has 0 aliphatic carbocycles. The maximum absolute atomic E-state index is 11.8. The molecule has 0 heterocycles. The zero-order valence-corrected chi connectivity index (χ0v) is 13.9. The lowest BCUT2D eigenvalue weighted by Crippen LogP contribution is -2.24. The lowest BCUT2D eigenvalue weighted by atomic mass is 10.2. The number of hydrogen-bond donors (Lipinski definition) is 1. The van der Waals surface area contributed by atoms with Crippen LogP contribution < -0.4 is 5.32 Å². The molecular formula is C20H24N2O2. The van der Waals surface area contributed by atoms with Crippen molar-refractivity contribution in [1.82, 2.24) is 5.32 Å². The number of hydroxylamine groups is 1. The van der Waals surface area contributed by atoms with Crippen LogP contribution in [0.15, 0.2) is 60.7 Å². The van der Waals surface area contributed by atoms with Crippen molar-refractivity contribution >= 4 is 12.1 Å². The Balaban J connectivity index is 1.55. The van der Waals surface area contributed by atoms with Crippen molar-refractivity contribution in [3.8, 4) is 0 Å². The van der Waals surface area contributed by atoms with Crippen LogP contribution in [0.1, 0.15) is 41.6 Å². The summed E-state index contributed by atoms with van der Waals surface area (Å²) in [6.45, 7) is 1.06. The number of rotatable bonds is 9. The number of carbonyl (C=O) groups excluding carboxylic acids is 1. The monoisotopic (exact) mass is 324 g/mol. The van der Waals surface area contributed by atoms with Gasteiger partial charge in [-0.3, -0.25) is 4.79 Å². The Morgan fingerprint density at radius 3 is 2.33 bits per heavy atom. The highest BCUT2D eigenvalue weighted by molar-refractivity contribution is 5.94. The van der Waals surface area contributed by atoms with Crippen molar-refractivity contribution in [2.75, 3.05) is 6.54 Å². The second kappa shape index (κ2) is 10.2. The predicted octanol–water partition coefficient (Wildman–Crippen LogP) is 3.76. The van der Waals surface area contributed by atoms with Gasteiger partial charge in [0.25, 0.3) is 5.91 Å². The average molecular weight is 324 g/mol. The third kappa shape index (κ3) is 6.65. The second-order valence-electron chi connectivity index (χ2n) is 5.71. The summed E-state index contributed by atoms with van der Waals surface area (Å²) in [5.41, 5.74) is 1.71. The van der Waals surface area contributed by atoms with Gasteiger partial charge in [-0.1, -0.05) is 55.0 Å². The molecule has 0 saturated carbocycles. The first kappa shape index (κ1) is 17.7. The SMILES string of the molecule is O=C(NCCCCC/C=[N+](\[O-])Cc1ccccc1)c1ccccc1. The number of nitrogens with one attached hydrogen (secondary N) is 1. The molecule has 0 unspecified atom stereocenters. The van der Waals surface area contributed by atoms with Gasteiger partial charge in [-0.25, -0.2) is 4.74 Å². The molecule has 4 nitrogen and oxygen atoms in total. The fourth-order valence-corrected chi connectivity index (χ4v) is 2.40. The average Bonchev–Trinajstić information content (AvgIpc) is 2.62. The van der Waals surface area contributed by atoms with E-state index in [9.17, 15) is 10.0 Å². The normalized spacial score (nSPS) is 11.2. The third-order valence-corrected chi connectivity index (χ3v) is 3.72. The lowest BCUT2D eigenvalue weighted by molar-refractivity contribution is -0.471. The molecule has 0 spiro atoms. The molecule has 0 aliphatic heterocycles. The van der Waals surface area contributed by atoms with Crippen LogP contribution in [0.5, 0.6) is 0 Å². The number of benzene rings is 2. The largest absolute Gasteiger partial charge is 0.624 e. The van der Waals surface area contributed by atoms with Crippen molar-refractivity contribution in [3.63, 3.8) is 0 Å². The summed E-state index contributed by atoms with van der Waals surface area (Å²) in [4.78, 5) is 11.8. The minimum Gasteiger partial charge on any atom is -0.624 e. The fraction of sp³-hybridized carbons (Fsp3) is 0.300. The van der Waals surface area contributed by atoms with Crippen LogP contribution >= 0.6 is 0 Å². The van der Waals surface area contributed by atoms with Crippen LogP contribution in [0.3, 0.4) is 0 Å². The summed E-state index contributed by atoms with van der Waals surface area (Å²) in [6, 6.07) is 18.9. The fourth-order valence-electron chi connectivity index (χ4n) is 2.40. The quantitative estimate of drug-likeness (QED) is 0.251. The van der Waals surface area contributed by atoms with E-state index in [1.54, 1.807) is 18.3 Å². The Kier molecular flexibility index (Phi) is 7.54. The maximum Gasteiger partial charge on any atom is 0.251 e. The van der Waals surface area contributed by atoms with Crippen LogP contribution in [0.4, 0.5) is 0 Å². The molecule has 4 heteroatoms. The zero-order chi connectivity index (χ0) is 17.0. The van der Waals surface area contributed by atoms with Gasteiger partial charge < -0.3 is 10.5 Å². The van der Waals surface area contributed by atoms with Crippen molar-refractivity contribution in [2.24, 2.45) is 0 Å². The Bertz CT molecular complexity index is 639. The van der Waals surface area contributed by atoms with Gasteiger partial charge in [0, 0.05) is 24.1 Å². The molecular weight excluding hydrogens is 300 g/mol. The summed E-state index contributed by atoms with van der Waals surface area (Å²) in [6.07, 6.45) is 5.34. The van der Waals surface area contributed by atoms with Crippen LogP contribution in [-0.4, -0.2) is 23.4 Å². The summed E-state index contributed by atoms with van der Waals surface area (Å²) >= 11 is 0. The van der Waals surface area contributed by atoms with Gasteiger partial charge in [0.15, 0.2) is 12.8 Å². The molecule has 24 heavy (non-hydrogen) atoms. The molecule has 0 radical (unpaired) electrons. The van der Waals surface area contributed by atoms with Crippen LogP contribution in [-0.2, 0) is 6.54 Å². The van der Waals surface area contributed by atoms with Crippen molar-refractivity contribution in [1.29, 1.82) is 0 Å². The van der Waals surface area contributed by atoms with Crippen LogP contribution in [0.25, 0.3) is 0 Å². The van der Waals surface area contributed by atoms with Crippen LogP contribution in [0, 0.1) is 5.21 Å². The topological polar surface area (TPSA) is 55.2 Å². The number of nitrogens with zero attached hydrogens (tertiary/aromatic N) is 1. The first-order valence-corrected chi connectivity index (χ1v) is 8.40. The van der Waals surface area contributed by atoms with E-state index in [4.69, 9.17) is 0 Å². The molecule has 0 aliphatic rings. The van der Waals surface area contributed by atoms with Gasteiger partial charge in [-0.15, -0.1) is 0 Å². The Morgan fingerprint density at radius 1 is 0.958 bits per heavy atom. The minimum atomic E-state index is -0.0317. The smallest absolute Gasteiger partial charge is 0.251 e. The molecule has 2 aromatic carbocycles. The molecule has 0 aromatic heterocycles. The molecule has 1 N–H and O–H groups in total. The summed E-state index contributed by atoms with van der Waals surface area (Å²) < 4.78 is 0.993. The van der Waals surface area contributed by atoms with E-state index in [0.29, 0.717) is 18.7 Å². The highest BCUT2D eigenvalue weighted by Crippen LogP contribution is 2.02. The van der Waals surface area contributed by atoms with E-state index in [0.717, 1.165) is 36.0 Å². The molecule has 2 rings (SSSR count). The molecule has 0 bridgehead atoms. The number of carbonyl (C=O) groups is 1. The Morgan fingerprint density at radius 2 is 1.62 bits per heavy atom. The van der Waals surface area contributed by atoms with E-state index >= 15 is 0 Å². The highest BCUT2D eigenvalue weighted by Gasteiger charge is 2.02. The van der Waals surface area contributed by atoms with E-state index in [1.165, 1.54) is 0 Å². The van der Waals surface area contributed by atoms with E-state index < -0.39 is 0 Å². The molecule has 0 saturated heterocycles. The number of amides is 1. The van der Waals surface area contributed by atoms with E-state index in [1.807, 2.05) is 48.5 Å². The summed E-state index contributed by atoms with van der Waals surface area (Å²) in [7, 11) is 0. The van der Waals surface area contributed by atoms with Gasteiger partial charge in [0.05, 0.1) is 0 Å². The van der Waals surface area contributed by atoms with Crippen LogP contribution in [0.2, 0.25) is 0 Å². The summed E-state index contributed by atoms with van der Waals surface area (Å²) in [5, 5.41) is 14.7.